The van der Waals surface area contributed by atoms with Gasteiger partial charge in [-0.1, -0.05) is 12.1 Å². The number of carbonyl (C=O) groups is 1. The molecule has 0 aliphatic carbocycles. The molecule has 0 heterocycles. The van der Waals surface area contributed by atoms with E-state index in [0.29, 0.717) is 11.1 Å². The number of sulfone groups is 1. The molecule has 2 N–H and O–H groups in total. The van der Waals surface area contributed by atoms with E-state index in [-0.39, 0.29) is 0 Å². The van der Waals surface area contributed by atoms with E-state index < -0.39 is 15.7 Å². The van der Waals surface area contributed by atoms with Crippen LogP contribution in [-0.2, 0) is 9.84 Å². The van der Waals surface area contributed by atoms with Gasteiger partial charge in [0, 0.05) is 17.2 Å². The van der Waals surface area contributed by atoms with E-state index in [9.17, 15) is 13.2 Å². The van der Waals surface area contributed by atoms with Crippen LogP contribution < -0.4 is 5.73 Å². The van der Waals surface area contributed by atoms with Crippen molar-refractivity contribution in [2.75, 3.05) is 6.26 Å². The van der Waals surface area contributed by atoms with E-state index in [1.54, 1.807) is 24.3 Å². The summed E-state index contributed by atoms with van der Waals surface area (Å²) in [7, 11) is -3.12. The van der Waals surface area contributed by atoms with Gasteiger partial charge in [-0.3, -0.25) is 4.79 Å². The van der Waals surface area contributed by atoms with Crippen molar-refractivity contribution < 1.29 is 13.2 Å². The topological polar surface area (TPSA) is 77.2 Å². The molecule has 0 aliphatic rings. The van der Waals surface area contributed by atoms with Crippen molar-refractivity contribution in [3.63, 3.8) is 0 Å². The molecule has 4 nitrogen and oxygen atoms in total. The quantitative estimate of drug-likeness (QED) is 0.826. The van der Waals surface area contributed by atoms with Gasteiger partial charge in [0.15, 0.2) is 9.84 Å². The number of carbonyl (C=O) groups excluding carboxylic acids is 1. The molecule has 1 aromatic carbocycles. The van der Waals surface area contributed by atoms with E-state index >= 15 is 0 Å². The van der Waals surface area contributed by atoms with Gasteiger partial charge in [-0.05, 0) is 23.8 Å². The number of hydrogen-bond acceptors (Lipinski definition) is 3. The maximum atomic E-state index is 10.8. The first kappa shape index (κ1) is 11.5. The van der Waals surface area contributed by atoms with Crippen molar-refractivity contribution >= 4 is 21.8 Å². The van der Waals surface area contributed by atoms with Crippen LogP contribution in [0.25, 0.3) is 6.08 Å². The number of primary amides is 1. The van der Waals surface area contributed by atoms with Gasteiger partial charge in [-0.2, -0.15) is 0 Å². The fraction of sp³-hybridized carbons (Fsp3) is 0.100. The Bertz CT molecular complexity index is 486. The summed E-state index contributed by atoms with van der Waals surface area (Å²) in [5.41, 5.74) is 6.15. The number of nitrogens with two attached hydrogens (primary N) is 1. The molecule has 0 aliphatic heterocycles. The minimum atomic E-state index is -3.12. The normalized spacial score (nSPS) is 11.8. The van der Waals surface area contributed by atoms with Crippen LogP contribution in [0, 0.1) is 0 Å². The van der Waals surface area contributed by atoms with Crippen LogP contribution in [-0.4, -0.2) is 20.6 Å². The summed E-state index contributed by atoms with van der Waals surface area (Å²) in [5, 5.41) is 1.10. The van der Waals surface area contributed by atoms with Gasteiger partial charge >= 0.3 is 0 Å². The van der Waals surface area contributed by atoms with Crippen LogP contribution in [0.5, 0.6) is 0 Å². The first-order valence-electron chi connectivity index (χ1n) is 4.16. The Morgan fingerprint density at radius 3 is 2.20 bits per heavy atom. The van der Waals surface area contributed by atoms with Gasteiger partial charge in [0.1, 0.15) is 0 Å². The maximum absolute atomic E-state index is 10.8. The average molecular weight is 225 g/mol. The Balaban J connectivity index is 2.91. The van der Waals surface area contributed by atoms with Crippen LogP contribution in [0.1, 0.15) is 15.9 Å². The third kappa shape index (κ3) is 3.95. The van der Waals surface area contributed by atoms with E-state index in [1.165, 1.54) is 6.08 Å². The maximum Gasteiger partial charge on any atom is 0.248 e. The zero-order valence-electron chi connectivity index (χ0n) is 8.17. The first-order valence-corrected chi connectivity index (χ1v) is 6.12. The molecule has 0 saturated carbocycles. The zero-order valence-corrected chi connectivity index (χ0v) is 8.99. The second-order valence-electron chi connectivity index (χ2n) is 3.12. The molecule has 0 fully saturated rings. The summed E-state index contributed by atoms with van der Waals surface area (Å²) >= 11 is 0. The smallest absolute Gasteiger partial charge is 0.248 e. The minimum Gasteiger partial charge on any atom is -0.366 e. The monoisotopic (exact) mass is 225 g/mol. The van der Waals surface area contributed by atoms with Gasteiger partial charge in [-0.25, -0.2) is 8.42 Å². The number of amides is 1. The van der Waals surface area contributed by atoms with Crippen LogP contribution in [0.2, 0.25) is 0 Å². The average Bonchev–Trinajstić information content (AvgIpc) is 2.14. The van der Waals surface area contributed by atoms with Crippen molar-refractivity contribution in [3.05, 3.63) is 40.8 Å². The fourth-order valence-corrected chi connectivity index (χ4v) is 1.36. The van der Waals surface area contributed by atoms with E-state index in [2.05, 4.69) is 0 Å². The van der Waals surface area contributed by atoms with Gasteiger partial charge < -0.3 is 5.73 Å². The van der Waals surface area contributed by atoms with Gasteiger partial charge in [0.2, 0.25) is 5.91 Å². The summed E-state index contributed by atoms with van der Waals surface area (Å²) in [6, 6.07) is 6.35. The Labute approximate surface area is 88.3 Å². The van der Waals surface area contributed by atoms with Gasteiger partial charge in [-0.15, -0.1) is 0 Å². The highest BCUT2D eigenvalue weighted by atomic mass is 32.2. The van der Waals surface area contributed by atoms with Crippen molar-refractivity contribution in [3.8, 4) is 0 Å². The SMILES string of the molecule is CS(=O)(=O)C=Cc1ccc(C(N)=O)cc1. The molecule has 0 radical (unpaired) electrons. The van der Waals surface area contributed by atoms with Crippen LogP contribution >= 0.6 is 0 Å². The molecule has 5 heteroatoms. The molecule has 80 valence electrons. The van der Waals surface area contributed by atoms with Crippen molar-refractivity contribution in [2.24, 2.45) is 5.73 Å². The number of benzene rings is 1. The second kappa shape index (κ2) is 4.27. The predicted molar refractivity (Wildman–Crippen MR) is 58.8 cm³/mol. The summed E-state index contributed by atoms with van der Waals surface area (Å²) in [5.74, 6) is -0.506. The lowest BCUT2D eigenvalue weighted by molar-refractivity contribution is 0.100. The molecule has 0 bridgehead atoms. The lowest BCUT2D eigenvalue weighted by atomic mass is 10.1. The number of hydrogen-bond donors (Lipinski definition) is 1. The largest absolute Gasteiger partial charge is 0.366 e. The standard InChI is InChI=1S/C10H11NO3S/c1-15(13,14)7-6-8-2-4-9(5-3-8)10(11)12/h2-7H,1H3,(H2,11,12). The molecule has 1 rings (SSSR count). The van der Waals surface area contributed by atoms with Crippen LogP contribution in [0.4, 0.5) is 0 Å². The predicted octanol–water partition coefficient (Wildman–Crippen LogP) is 0.801. The first-order chi connectivity index (χ1) is 6.88. The molecule has 0 spiro atoms. The Kier molecular flexibility index (Phi) is 3.26. The molecule has 0 atom stereocenters. The Hall–Kier alpha value is -1.62. The minimum absolute atomic E-state index is 0.395. The molecule has 0 unspecified atom stereocenters. The third-order valence-electron chi connectivity index (χ3n) is 1.70. The van der Waals surface area contributed by atoms with Crippen molar-refractivity contribution in [2.45, 2.75) is 0 Å². The molecule has 1 amide bonds. The number of rotatable bonds is 3. The van der Waals surface area contributed by atoms with Crippen molar-refractivity contribution in [1.29, 1.82) is 0 Å². The molecular weight excluding hydrogens is 214 g/mol. The highest BCUT2D eigenvalue weighted by molar-refractivity contribution is 7.93. The highest BCUT2D eigenvalue weighted by Crippen LogP contribution is 2.06. The third-order valence-corrected chi connectivity index (χ3v) is 2.33. The van der Waals surface area contributed by atoms with E-state index in [4.69, 9.17) is 5.73 Å². The lowest BCUT2D eigenvalue weighted by Crippen LogP contribution is -2.10. The van der Waals surface area contributed by atoms with E-state index in [0.717, 1.165) is 11.7 Å². The van der Waals surface area contributed by atoms with Crippen molar-refractivity contribution in [1.82, 2.24) is 0 Å². The van der Waals surface area contributed by atoms with Gasteiger partial charge in [0.05, 0.1) is 0 Å². The molecule has 1 aromatic rings. The van der Waals surface area contributed by atoms with E-state index in [1.807, 2.05) is 0 Å². The molecule has 0 saturated heterocycles. The zero-order chi connectivity index (χ0) is 11.5. The van der Waals surface area contributed by atoms with Crippen LogP contribution in [0.15, 0.2) is 29.7 Å². The molecule has 0 aromatic heterocycles. The Morgan fingerprint density at radius 1 is 1.27 bits per heavy atom. The summed E-state index contributed by atoms with van der Waals surface area (Å²) in [6.45, 7) is 0. The second-order valence-corrected chi connectivity index (χ2v) is 5.05. The van der Waals surface area contributed by atoms with Gasteiger partial charge in [0.25, 0.3) is 0 Å². The van der Waals surface area contributed by atoms with Crippen LogP contribution in [0.3, 0.4) is 0 Å². The fourth-order valence-electron chi connectivity index (χ4n) is 0.961. The highest BCUT2D eigenvalue weighted by Gasteiger charge is 1.98. The Morgan fingerprint density at radius 2 is 1.80 bits per heavy atom. The summed E-state index contributed by atoms with van der Waals surface area (Å²) in [6.07, 6.45) is 2.57. The summed E-state index contributed by atoms with van der Waals surface area (Å²) in [4.78, 5) is 10.7. The summed E-state index contributed by atoms with van der Waals surface area (Å²) < 4.78 is 21.6. The molecule has 15 heavy (non-hydrogen) atoms. The molecular formula is C10H11NO3S. The lowest BCUT2D eigenvalue weighted by Gasteiger charge is -1.96.